The highest BCUT2D eigenvalue weighted by Crippen LogP contribution is 2.28. The minimum Gasteiger partial charge on any atom is -0.497 e. The number of nitrogen functional groups attached to an aromatic ring is 1. The van der Waals surface area contributed by atoms with Crippen LogP contribution in [0.1, 0.15) is 0 Å². The molecule has 0 amide bonds. The van der Waals surface area contributed by atoms with Crippen LogP contribution in [0.2, 0.25) is 0 Å². The molecule has 1 aromatic carbocycles. The van der Waals surface area contributed by atoms with E-state index in [1.807, 2.05) is 24.3 Å². The van der Waals surface area contributed by atoms with Crippen LogP contribution in [-0.4, -0.2) is 16.5 Å². The molecule has 0 atom stereocenters. The monoisotopic (exact) mass is 257 g/mol. The van der Waals surface area contributed by atoms with Gasteiger partial charge >= 0.3 is 0 Å². The maximum atomic E-state index is 13.2. The molecule has 0 unspecified atom stereocenters. The number of pyridine rings is 1. The van der Waals surface area contributed by atoms with Crippen LogP contribution in [-0.2, 0) is 0 Å². The fraction of sp³-hybridized carbons (Fsp3) is 0.0714. The number of benzene rings is 1. The van der Waals surface area contributed by atoms with Crippen molar-refractivity contribution in [3.63, 3.8) is 0 Å². The molecule has 0 bridgehead atoms. The third kappa shape index (κ3) is 1.89. The normalized spacial score (nSPS) is 10.8. The van der Waals surface area contributed by atoms with Crippen molar-refractivity contribution >= 4 is 11.5 Å². The molecule has 2 N–H and O–H groups in total. The van der Waals surface area contributed by atoms with E-state index in [4.69, 9.17) is 10.5 Å². The number of anilines is 1. The molecule has 3 aromatic rings. The summed E-state index contributed by atoms with van der Waals surface area (Å²) in [6.07, 6.45) is 1.32. The molecule has 0 spiro atoms. The highest BCUT2D eigenvalue weighted by molar-refractivity contribution is 5.75. The summed E-state index contributed by atoms with van der Waals surface area (Å²) in [6.45, 7) is 0. The van der Waals surface area contributed by atoms with Gasteiger partial charge in [-0.1, -0.05) is 12.1 Å². The van der Waals surface area contributed by atoms with Crippen molar-refractivity contribution in [3.05, 3.63) is 48.4 Å². The number of hydrogen-bond donors (Lipinski definition) is 1. The number of ether oxygens (including phenoxy) is 1. The van der Waals surface area contributed by atoms with Crippen molar-refractivity contribution < 1.29 is 9.13 Å². The molecule has 0 radical (unpaired) electrons. The van der Waals surface area contributed by atoms with Gasteiger partial charge in [-0.3, -0.25) is 4.40 Å². The van der Waals surface area contributed by atoms with Crippen molar-refractivity contribution in [2.45, 2.75) is 0 Å². The van der Waals surface area contributed by atoms with Crippen LogP contribution in [0, 0.1) is 5.82 Å². The van der Waals surface area contributed by atoms with Gasteiger partial charge in [0.05, 0.1) is 7.11 Å². The average molecular weight is 257 g/mol. The predicted molar refractivity (Wildman–Crippen MR) is 71.6 cm³/mol. The molecule has 3 rings (SSSR count). The molecular weight excluding hydrogens is 245 g/mol. The average Bonchev–Trinajstić information content (AvgIpc) is 2.76. The molecule has 0 aliphatic carbocycles. The second-order valence-electron chi connectivity index (χ2n) is 4.15. The van der Waals surface area contributed by atoms with Crippen LogP contribution in [0.15, 0.2) is 42.6 Å². The minimum absolute atomic E-state index is 0.353. The number of aromatic nitrogens is 2. The van der Waals surface area contributed by atoms with E-state index in [1.165, 1.54) is 16.7 Å². The number of nitrogens with zero attached hydrogens (tertiary/aromatic N) is 2. The van der Waals surface area contributed by atoms with Gasteiger partial charge in [-0.05, 0) is 24.3 Å². The van der Waals surface area contributed by atoms with E-state index in [9.17, 15) is 4.39 Å². The third-order valence-electron chi connectivity index (χ3n) is 2.96. The summed E-state index contributed by atoms with van der Waals surface area (Å²) in [5, 5.41) is 0. The zero-order valence-electron chi connectivity index (χ0n) is 10.3. The third-order valence-corrected chi connectivity index (χ3v) is 2.96. The van der Waals surface area contributed by atoms with Crippen LogP contribution < -0.4 is 10.5 Å². The molecule has 2 heterocycles. The summed E-state index contributed by atoms with van der Waals surface area (Å²) in [6, 6.07) is 10.4. The number of rotatable bonds is 2. The summed E-state index contributed by atoms with van der Waals surface area (Å²) >= 11 is 0. The molecular formula is C14H12FN3O. The maximum absolute atomic E-state index is 13.2. The Morgan fingerprint density at radius 3 is 2.89 bits per heavy atom. The number of methoxy groups -OCH3 is 1. The molecule has 0 fully saturated rings. The van der Waals surface area contributed by atoms with Gasteiger partial charge in [0.15, 0.2) is 0 Å². The zero-order valence-corrected chi connectivity index (χ0v) is 10.3. The van der Waals surface area contributed by atoms with E-state index in [1.54, 1.807) is 13.2 Å². The molecule has 96 valence electrons. The Hall–Kier alpha value is -2.56. The molecule has 5 heteroatoms. The number of fused-ring (bicyclic) bond motifs is 1. The molecule has 19 heavy (non-hydrogen) atoms. The van der Waals surface area contributed by atoms with Crippen LogP contribution in [0.5, 0.6) is 5.75 Å². The number of hydrogen-bond acceptors (Lipinski definition) is 3. The topological polar surface area (TPSA) is 52.5 Å². The largest absolute Gasteiger partial charge is 0.497 e. The minimum atomic E-state index is -0.353. The molecule has 0 aliphatic heterocycles. The van der Waals surface area contributed by atoms with E-state index in [0.717, 1.165) is 11.3 Å². The van der Waals surface area contributed by atoms with Gasteiger partial charge in [-0.15, -0.1) is 0 Å². The summed E-state index contributed by atoms with van der Waals surface area (Å²) < 4.78 is 19.9. The second-order valence-corrected chi connectivity index (χ2v) is 4.15. The molecule has 2 aromatic heterocycles. The van der Waals surface area contributed by atoms with E-state index in [0.29, 0.717) is 17.2 Å². The fourth-order valence-corrected chi connectivity index (χ4v) is 2.02. The Morgan fingerprint density at radius 1 is 1.26 bits per heavy atom. The second kappa shape index (κ2) is 4.28. The summed E-state index contributed by atoms with van der Waals surface area (Å²) in [5.74, 6) is 0.775. The van der Waals surface area contributed by atoms with Crippen LogP contribution >= 0.6 is 0 Å². The van der Waals surface area contributed by atoms with Gasteiger partial charge in [0.2, 0.25) is 0 Å². The zero-order chi connectivity index (χ0) is 13.4. The lowest BCUT2D eigenvalue weighted by atomic mass is 10.1. The summed E-state index contributed by atoms with van der Waals surface area (Å²) in [4.78, 5) is 4.41. The Labute approximate surface area is 109 Å². The highest BCUT2D eigenvalue weighted by atomic mass is 19.1. The van der Waals surface area contributed by atoms with Gasteiger partial charge in [0, 0.05) is 11.8 Å². The Bertz CT molecular complexity index is 752. The summed E-state index contributed by atoms with van der Waals surface area (Å²) in [5.41, 5.74) is 8.08. The van der Waals surface area contributed by atoms with Gasteiger partial charge < -0.3 is 10.5 Å². The van der Waals surface area contributed by atoms with Crippen molar-refractivity contribution in [1.29, 1.82) is 0 Å². The number of nitrogens with two attached hydrogens (primary N) is 1. The SMILES string of the molecule is COc1cccc(-c2nc3ccc(F)cn3c2N)c1. The molecule has 0 saturated carbocycles. The smallest absolute Gasteiger partial charge is 0.140 e. The van der Waals surface area contributed by atoms with Gasteiger partial charge in [-0.25, -0.2) is 9.37 Å². The van der Waals surface area contributed by atoms with Crippen molar-refractivity contribution in [1.82, 2.24) is 9.38 Å². The van der Waals surface area contributed by atoms with Crippen LogP contribution in [0.3, 0.4) is 0 Å². The van der Waals surface area contributed by atoms with Gasteiger partial charge in [-0.2, -0.15) is 0 Å². The van der Waals surface area contributed by atoms with Crippen LogP contribution in [0.4, 0.5) is 10.2 Å². The standard InChI is InChI=1S/C14H12FN3O/c1-19-11-4-2-3-9(7-11)13-14(16)18-8-10(15)5-6-12(18)17-13/h2-8H,16H2,1H3. The molecule has 0 saturated heterocycles. The van der Waals surface area contributed by atoms with E-state index in [2.05, 4.69) is 4.98 Å². The lowest BCUT2D eigenvalue weighted by Crippen LogP contribution is -1.95. The first-order valence-electron chi connectivity index (χ1n) is 5.76. The lowest BCUT2D eigenvalue weighted by molar-refractivity contribution is 0.415. The molecule has 0 aliphatic rings. The Balaban J connectivity index is 2.21. The number of halogens is 1. The first-order valence-corrected chi connectivity index (χ1v) is 5.76. The number of imidazole rings is 1. The van der Waals surface area contributed by atoms with Gasteiger partial charge in [0.25, 0.3) is 0 Å². The Morgan fingerprint density at radius 2 is 2.11 bits per heavy atom. The van der Waals surface area contributed by atoms with Crippen molar-refractivity contribution in [2.24, 2.45) is 0 Å². The van der Waals surface area contributed by atoms with E-state index < -0.39 is 0 Å². The van der Waals surface area contributed by atoms with Crippen LogP contribution in [0.25, 0.3) is 16.9 Å². The maximum Gasteiger partial charge on any atom is 0.140 e. The predicted octanol–water partition coefficient (Wildman–Crippen LogP) is 2.73. The van der Waals surface area contributed by atoms with Crippen molar-refractivity contribution in [3.8, 4) is 17.0 Å². The first-order chi connectivity index (χ1) is 9.19. The Kier molecular flexibility index (Phi) is 2.59. The highest BCUT2D eigenvalue weighted by Gasteiger charge is 2.12. The quantitative estimate of drug-likeness (QED) is 0.768. The summed E-state index contributed by atoms with van der Waals surface area (Å²) in [7, 11) is 1.60. The van der Waals surface area contributed by atoms with E-state index in [-0.39, 0.29) is 5.82 Å². The fourth-order valence-electron chi connectivity index (χ4n) is 2.02. The molecule has 4 nitrogen and oxygen atoms in total. The first kappa shape index (κ1) is 11.5. The van der Waals surface area contributed by atoms with Crippen molar-refractivity contribution in [2.75, 3.05) is 12.8 Å². The van der Waals surface area contributed by atoms with E-state index >= 15 is 0 Å². The van der Waals surface area contributed by atoms with Gasteiger partial charge in [0.1, 0.15) is 28.7 Å². The lowest BCUT2D eigenvalue weighted by Gasteiger charge is -2.03.